The van der Waals surface area contributed by atoms with Crippen LogP contribution in [-0.4, -0.2) is 22.9 Å². The molecular weight excluding hydrogens is 312 g/mol. The number of rotatable bonds is 1. The van der Waals surface area contributed by atoms with Crippen LogP contribution in [0.5, 0.6) is 0 Å². The van der Waals surface area contributed by atoms with Crippen LogP contribution in [0.25, 0.3) is 0 Å². The fourth-order valence-corrected chi connectivity index (χ4v) is 3.60. The molecule has 23 heavy (non-hydrogen) atoms. The van der Waals surface area contributed by atoms with Crippen LogP contribution in [0.15, 0.2) is 48.5 Å². The fraction of sp³-hybridized carbons (Fsp3) is 0.294. The van der Waals surface area contributed by atoms with Crippen molar-refractivity contribution in [1.29, 1.82) is 0 Å². The number of nitrogens with one attached hydrogen (secondary N) is 1. The summed E-state index contributed by atoms with van der Waals surface area (Å²) in [6, 6.07) is 16.0. The molecule has 2 aliphatic heterocycles. The standard InChI is InChI=1S/C17H18ClN4O/c1-12-19-21-11-20(13-6-3-2-4-7-13)10-15-14(17(21)22(12)23)8-5-9-16(15)18/h2-9,12,17,19H,10-11H2,1H3/q-1. The van der Waals surface area contributed by atoms with Crippen LogP contribution in [0.2, 0.25) is 5.02 Å². The molecule has 1 saturated heterocycles. The van der Waals surface area contributed by atoms with Crippen molar-refractivity contribution in [3.63, 3.8) is 0 Å². The highest BCUT2D eigenvalue weighted by Crippen LogP contribution is 2.38. The predicted octanol–water partition coefficient (Wildman–Crippen LogP) is 3.28. The maximum Gasteiger partial charge on any atom is 0.0940 e. The summed E-state index contributed by atoms with van der Waals surface area (Å²) in [4.78, 5) is 2.23. The van der Waals surface area contributed by atoms with Gasteiger partial charge in [-0.1, -0.05) is 41.9 Å². The predicted molar refractivity (Wildman–Crippen MR) is 91.3 cm³/mol. The van der Waals surface area contributed by atoms with E-state index in [1.807, 2.05) is 48.3 Å². The maximum absolute atomic E-state index is 12.6. The van der Waals surface area contributed by atoms with E-state index >= 15 is 0 Å². The summed E-state index contributed by atoms with van der Waals surface area (Å²) >= 11 is 6.46. The van der Waals surface area contributed by atoms with Crippen molar-refractivity contribution in [2.45, 2.75) is 25.8 Å². The molecule has 2 aliphatic rings. The Bertz CT molecular complexity index is 711. The zero-order valence-corrected chi connectivity index (χ0v) is 13.6. The summed E-state index contributed by atoms with van der Waals surface area (Å²) in [5, 5.41) is 16.4. The van der Waals surface area contributed by atoms with Crippen LogP contribution in [0.1, 0.15) is 24.2 Å². The van der Waals surface area contributed by atoms with Gasteiger partial charge in [-0.25, -0.2) is 10.4 Å². The Morgan fingerprint density at radius 3 is 2.70 bits per heavy atom. The number of anilines is 1. The largest absolute Gasteiger partial charge is 0.783 e. The minimum absolute atomic E-state index is 0.262. The molecule has 2 unspecified atom stereocenters. The van der Waals surface area contributed by atoms with Crippen LogP contribution in [0.4, 0.5) is 5.69 Å². The summed E-state index contributed by atoms with van der Waals surface area (Å²) in [7, 11) is 0. The third-order valence-corrected chi connectivity index (χ3v) is 4.85. The first-order valence-electron chi connectivity index (χ1n) is 7.71. The van der Waals surface area contributed by atoms with Gasteiger partial charge in [-0.2, -0.15) is 0 Å². The highest BCUT2D eigenvalue weighted by Gasteiger charge is 2.37. The number of hydrogen-bond donors (Lipinski definition) is 1. The van der Waals surface area contributed by atoms with E-state index in [-0.39, 0.29) is 12.3 Å². The first-order chi connectivity index (χ1) is 11.1. The van der Waals surface area contributed by atoms with E-state index in [1.165, 1.54) is 0 Å². The van der Waals surface area contributed by atoms with E-state index in [0.29, 0.717) is 18.2 Å². The molecule has 2 atom stereocenters. The highest BCUT2D eigenvalue weighted by atomic mass is 35.5. The van der Waals surface area contributed by atoms with E-state index in [4.69, 9.17) is 11.6 Å². The van der Waals surface area contributed by atoms with E-state index in [2.05, 4.69) is 22.5 Å². The molecule has 0 spiro atoms. The third kappa shape index (κ3) is 2.51. The van der Waals surface area contributed by atoms with Crippen molar-refractivity contribution < 1.29 is 0 Å². The molecule has 4 rings (SSSR count). The zero-order chi connectivity index (χ0) is 16.0. The second-order valence-corrected chi connectivity index (χ2v) is 6.40. The Labute approximate surface area is 140 Å². The van der Waals surface area contributed by atoms with Gasteiger partial charge in [0.05, 0.1) is 19.0 Å². The van der Waals surface area contributed by atoms with Gasteiger partial charge >= 0.3 is 0 Å². The molecule has 0 radical (unpaired) electrons. The molecule has 0 saturated carbocycles. The first kappa shape index (κ1) is 14.9. The number of hydrazine groups is 1. The smallest absolute Gasteiger partial charge is 0.0940 e. The lowest BCUT2D eigenvalue weighted by Crippen LogP contribution is -2.42. The molecule has 1 N–H and O–H groups in total. The summed E-state index contributed by atoms with van der Waals surface area (Å²) in [6.07, 6.45) is -0.616. The quantitative estimate of drug-likeness (QED) is 0.870. The number of para-hydroxylation sites is 1. The summed E-state index contributed by atoms with van der Waals surface area (Å²) in [6.45, 7) is 3.16. The molecule has 0 aromatic heterocycles. The highest BCUT2D eigenvalue weighted by molar-refractivity contribution is 6.31. The van der Waals surface area contributed by atoms with Gasteiger partial charge < -0.3 is 15.2 Å². The number of hydroxylamine groups is 2. The molecule has 5 nitrogen and oxygen atoms in total. The van der Waals surface area contributed by atoms with E-state index in [0.717, 1.165) is 21.9 Å². The van der Waals surface area contributed by atoms with Crippen LogP contribution in [0.3, 0.4) is 0 Å². The molecule has 120 valence electrons. The van der Waals surface area contributed by atoms with Gasteiger partial charge in [0.25, 0.3) is 0 Å². The topological polar surface area (TPSA) is 44.8 Å². The monoisotopic (exact) mass is 329 g/mol. The molecule has 1 fully saturated rings. The van der Waals surface area contributed by atoms with Crippen molar-refractivity contribution in [2.75, 3.05) is 11.6 Å². The maximum atomic E-state index is 12.6. The van der Waals surface area contributed by atoms with Crippen molar-refractivity contribution in [1.82, 2.24) is 15.5 Å². The average Bonchev–Trinajstić information content (AvgIpc) is 2.74. The summed E-state index contributed by atoms with van der Waals surface area (Å²) in [5.74, 6) is 0. The van der Waals surface area contributed by atoms with Crippen LogP contribution < -0.4 is 10.3 Å². The van der Waals surface area contributed by atoms with Crippen molar-refractivity contribution in [3.8, 4) is 0 Å². The minimum atomic E-state index is -0.354. The molecule has 2 aromatic carbocycles. The van der Waals surface area contributed by atoms with Gasteiger partial charge in [0.15, 0.2) is 0 Å². The normalized spacial score (nSPS) is 25.1. The van der Waals surface area contributed by atoms with Crippen molar-refractivity contribution in [3.05, 3.63) is 69.9 Å². The lowest BCUT2D eigenvalue weighted by Gasteiger charge is -2.34. The Balaban J connectivity index is 1.81. The molecule has 0 amide bonds. The van der Waals surface area contributed by atoms with Gasteiger partial charge in [-0.05, 0) is 36.2 Å². The van der Waals surface area contributed by atoms with Crippen LogP contribution in [-0.2, 0) is 6.54 Å². The molecule has 0 bridgehead atoms. The van der Waals surface area contributed by atoms with E-state index < -0.39 is 0 Å². The van der Waals surface area contributed by atoms with E-state index in [9.17, 15) is 5.21 Å². The third-order valence-electron chi connectivity index (χ3n) is 4.50. The number of fused-ring (bicyclic) bond motifs is 3. The van der Waals surface area contributed by atoms with Gasteiger partial charge in [-0.3, -0.25) is 0 Å². The average molecular weight is 330 g/mol. The molecular formula is C17H18ClN4O-. The second-order valence-electron chi connectivity index (χ2n) is 5.99. The van der Waals surface area contributed by atoms with Crippen LogP contribution in [0, 0.1) is 5.21 Å². The zero-order valence-electron chi connectivity index (χ0n) is 12.8. The number of nitrogens with zero attached hydrogens (tertiary/aromatic N) is 3. The Kier molecular flexibility index (Phi) is 3.75. The minimum Gasteiger partial charge on any atom is -0.783 e. The van der Waals surface area contributed by atoms with E-state index in [1.54, 1.807) is 0 Å². The van der Waals surface area contributed by atoms with Gasteiger partial charge in [0.1, 0.15) is 0 Å². The summed E-state index contributed by atoms with van der Waals surface area (Å²) < 4.78 is 0. The fourth-order valence-electron chi connectivity index (χ4n) is 3.36. The number of halogens is 1. The van der Waals surface area contributed by atoms with Crippen molar-refractivity contribution in [2.24, 2.45) is 0 Å². The number of benzene rings is 2. The Morgan fingerprint density at radius 2 is 1.91 bits per heavy atom. The lowest BCUT2D eigenvalue weighted by atomic mass is 10.0. The lowest BCUT2D eigenvalue weighted by molar-refractivity contribution is 0.147. The summed E-state index contributed by atoms with van der Waals surface area (Å²) in [5.41, 5.74) is 6.37. The molecule has 0 aliphatic carbocycles. The number of hydrogen-bond acceptors (Lipinski definition) is 5. The first-order valence-corrected chi connectivity index (χ1v) is 8.08. The van der Waals surface area contributed by atoms with Gasteiger partial charge in [0.2, 0.25) is 0 Å². The molecule has 2 heterocycles. The molecule has 6 heteroatoms. The molecule has 2 aromatic rings. The SMILES string of the molecule is CC1NN2CN(c3ccccc3)Cc3c(Cl)cccc3C2N1[O-]. The second kappa shape index (κ2) is 5.78. The van der Waals surface area contributed by atoms with Crippen molar-refractivity contribution >= 4 is 17.3 Å². The Morgan fingerprint density at radius 1 is 1.13 bits per heavy atom. The van der Waals surface area contributed by atoms with Gasteiger partial charge in [0, 0.05) is 17.3 Å². The Hall–Kier alpha value is -1.63. The van der Waals surface area contributed by atoms with Gasteiger partial charge in [-0.15, -0.1) is 0 Å². The van der Waals surface area contributed by atoms with Crippen LogP contribution >= 0.6 is 11.6 Å².